The molecule has 1 N–H and O–H groups in total. The van der Waals surface area contributed by atoms with E-state index in [-0.39, 0.29) is 10.9 Å². The topological polar surface area (TPSA) is 62.3 Å². The lowest BCUT2D eigenvalue weighted by Crippen LogP contribution is -2.35. The molecule has 1 heterocycles. The number of thioether (sulfide) groups is 1. The third kappa shape index (κ3) is 4.09. The van der Waals surface area contributed by atoms with Crippen molar-refractivity contribution in [1.82, 2.24) is 9.29 Å². The van der Waals surface area contributed by atoms with Crippen molar-refractivity contribution in [2.75, 3.05) is 31.4 Å². The van der Waals surface area contributed by atoms with Crippen molar-refractivity contribution in [3.8, 4) is 0 Å². The minimum Gasteiger partial charge on any atom is -0.373 e. The molecule has 0 saturated heterocycles. The predicted octanol–water partition coefficient (Wildman–Crippen LogP) is 1.89. The first-order valence-electron chi connectivity index (χ1n) is 6.04. The quantitative estimate of drug-likeness (QED) is 0.833. The van der Waals surface area contributed by atoms with Crippen LogP contribution >= 0.6 is 11.8 Å². The van der Waals surface area contributed by atoms with E-state index < -0.39 is 10.0 Å². The van der Waals surface area contributed by atoms with Crippen LogP contribution in [0.3, 0.4) is 0 Å². The molecule has 0 radical (unpaired) electrons. The molecule has 1 aromatic heterocycles. The Balaban J connectivity index is 2.89. The molecule has 0 spiro atoms. The first-order valence-corrected chi connectivity index (χ1v) is 8.87. The smallest absolute Gasteiger partial charge is 0.244 e. The average Bonchev–Trinajstić information content (AvgIpc) is 2.43. The van der Waals surface area contributed by atoms with Gasteiger partial charge in [0.2, 0.25) is 10.0 Å². The summed E-state index contributed by atoms with van der Waals surface area (Å²) in [6, 6.07) is 3.21. The molecule has 108 valence electrons. The van der Waals surface area contributed by atoms with Crippen molar-refractivity contribution in [3.05, 3.63) is 18.3 Å². The summed E-state index contributed by atoms with van der Waals surface area (Å²) < 4.78 is 26.2. The molecule has 5 nitrogen and oxygen atoms in total. The average molecular weight is 303 g/mol. The van der Waals surface area contributed by atoms with Crippen LogP contribution in [0.15, 0.2) is 23.2 Å². The molecule has 0 bridgehead atoms. The highest BCUT2D eigenvalue weighted by Gasteiger charge is 2.25. The molecule has 1 aromatic rings. The molecule has 0 aromatic carbocycles. The fraction of sp³-hybridized carbons (Fsp3) is 0.583. The van der Waals surface area contributed by atoms with Crippen LogP contribution in [0.2, 0.25) is 0 Å². The Bertz CT molecular complexity index is 488. The maximum atomic E-state index is 12.4. The van der Waals surface area contributed by atoms with Crippen LogP contribution in [-0.4, -0.2) is 49.9 Å². The van der Waals surface area contributed by atoms with Gasteiger partial charge in [-0.15, -0.1) is 0 Å². The molecule has 19 heavy (non-hydrogen) atoms. The van der Waals surface area contributed by atoms with Gasteiger partial charge in [0.25, 0.3) is 0 Å². The van der Waals surface area contributed by atoms with Crippen LogP contribution in [0.5, 0.6) is 0 Å². The Labute approximate surface area is 119 Å². The maximum Gasteiger partial charge on any atom is 0.244 e. The molecule has 7 heteroatoms. The fourth-order valence-electron chi connectivity index (χ4n) is 1.55. The molecule has 0 fully saturated rings. The van der Waals surface area contributed by atoms with Crippen LogP contribution < -0.4 is 5.32 Å². The highest BCUT2D eigenvalue weighted by molar-refractivity contribution is 7.98. The number of pyridine rings is 1. The van der Waals surface area contributed by atoms with E-state index in [2.05, 4.69) is 10.3 Å². The van der Waals surface area contributed by atoms with E-state index in [0.29, 0.717) is 5.82 Å². The molecule has 1 unspecified atom stereocenters. The molecule has 0 aliphatic rings. The van der Waals surface area contributed by atoms with Gasteiger partial charge in [0, 0.05) is 26.3 Å². The van der Waals surface area contributed by atoms with E-state index >= 15 is 0 Å². The Hall–Kier alpha value is -0.790. The van der Waals surface area contributed by atoms with Crippen LogP contribution in [0.25, 0.3) is 0 Å². The van der Waals surface area contributed by atoms with E-state index in [9.17, 15) is 8.42 Å². The van der Waals surface area contributed by atoms with Gasteiger partial charge in [-0.25, -0.2) is 13.4 Å². The normalized spacial score (nSPS) is 13.5. The Morgan fingerprint density at radius 2 is 2.16 bits per heavy atom. The number of nitrogens with zero attached hydrogens (tertiary/aromatic N) is 2. The lowest BCUT2D eigenvalue weighted by Gasteiger charge is -2.24. The lowest BCUT2D eigenvalue weighted by molar-refractivity contribution is 0.382. The minimum atomic E-state index is -3.46. The van der Waals surface area contributed by atoms with Crippen LogP contribution in [-0.2, 0) is 10.0 Å². The van der Waals surface area contributed by atoms with Gasteiger partial charge in [-0.3, -0.25) is 0 Å². The molecular formula is C12H21N3O2S2. The summed E-state index contributed by atoms with van der Waals surface area (Å²) in [6.45, 7) is 1.92. The van der Waals surface area contributed by atoms with Gasteiger partial charge < -0.3 is 5.32 Å². The second-order valence-electron chi connectivity index (χ2n) is 4.28. The van der Waals surface area contributed by atoms with Crippen molar-refractivity contribution in [3.63, 3.8) is 0 Å². The zero-order chi connectivity index (χ0) is 14.5. The standard InChI is InChI=1S/C12H21N3O2S2/c1-10(7-8-18-4)15(3)19(16,17)11-5-6-12(13-2)14-9-11/h5-6,9-10H,7-8H2,1-4H3,(H,13,14). The second-order valence-corrected chi connectivity index (χ2v) is 7.26. The van der Waals surface area contributed by atoms with Gasteiger partial charge in [-0.2, -0.15) is 16.1 Å². The number of aromatic nitrogens is 1. The van der Waals surface area contributed by atoms with Gasteiger partial charge in [0.15, 0.2) is 0 Å². The first-order chi connectivity index (χ1) is 8.93. The fourth-order valence-corrected chi connectivity index (χ4v) is 3.47. The predicted molar refractivity (Wildman–Crippen MR) is 81.2 cm³/mol. The van der Waals surface area contributed by atoms with Crippen molar-refractivity contribution in [1.29, 1.82) is 0 Å². The molecule has 1 rings (SSSR count). The van der Waals surface area contributed by atoms with E-state index in [0.717, 1.165) is 12.2 Å². The van der Waals surface area contributed by atoms with Gasteiger partial charge in [-0.05, 0) is 37.5 Å². The lowest BCUT2D eigenvalue weighted by atomic mass is 10.3. The summed E-state index contributed by atoms with van der Waals surface area (Å²) in [4.78, 5) is 4.27. The summed E-state index contributed by atoms with van der Waals surface area (Å²) in [5.74, 6) is 1.59. The first kappa shape index (κ1) is 16.3. The molecule has 0 aliphatic carbocycles. The zero-order valence-electron chi connectivity index (χ0n) is 11.8. The molecule has 1 atom stereocenters. The van der Waals surface area contributed by atoms with E-state index in [1.54, 1.807) is 38.0 Å². The number of rotatable bonds is 7. The number of sulfonamides is 1. The van der Waals surface area contributed by atoms with Crippen molar-refractivity contribution < 1.29 is 8.42 Å². The second kappa shape index (κ2) is 7.12. The monoisotopic (exact) mass is 303 g/mol. The third-order valence-electron chi connectivity index (χ3n) is 3.03. The maximum absolute atomic E-state index is 12.4. The van der Waals surface area contributed by atoms with Crippen molar-refractivity contribution in [2.24, 2.45) is 0 Å². The van der Waals surface area contributed by atoms with Crippen molar-refractivity contribution >= 4 is 27.6 Å². The Morgan fingerprint density at radius 3 is 2.63 bits per heavy atom. The minimum absolute atomic E-state index is 0.0265. The molecule has 0 amide bonds. The van der Waals surface area contributed by atoms with Gasteiger partial charge in [-0.1, -0.05) is 0 Å². The summed E-state index contributed by atoms with van der Waals surface area (Å²) >= 11 is 1.72. The largest absolute Gasteiger partial charge is 0.373 e. The summed E-state index contributed by atoms with van der Waals surface area (Å²) in [5, 5.41) is 2.86. The van der Waals surface area contributed by atoms with Gasteiger partial charge in [0.05, 0.1) is 0 Å². The SMILES string of the molecule is CNc1ccc(S(=O)(=O)N(C)C(C)CCSC)cn1. The van der Waals surface area contributed by atoms with E-state index in [1.165, 1.54) is 10.5 Å². The molecular weight excluding hydrogens is 282 g/mol. The Kier molecular flexibility index (Phi) is 6.09. The van der Waals surface area contributed by atoms with Crippen LogP contribution in [0.4, 0.5) is 5.82 Å². The van der Waals surface area contributed by atoms with E-state index in [1.807, 2.05) is 13.2 Å². The van der Waals surface area contributed by atoms with E-state index in [4.69, 9.17) is 0 Å². The van der Waals surface area contributed by atoms with Gasteiger partial charge >= 0.3 is 0 Å². The van der Waals surface area contributed by atoms with Crippen LogP contribution in [0.1, 0.15) is 13.3 Å². The molecule has 0 saturated carbocycles. The van der Waals surface area contributed by atoms with Crippen molar-refractivity contribution in [2.45, 2.75) is 24.3 Å². The third-order valence-corrected chi connectivity index (χ3v) is 5.63. The highest BCUT2D eigenvalue weighted by Crippen LogP contribution is 2.18. The summed E-state index contributed by atoms with van der Waals surface area (Å²) in [5.41, 5.74) is 0. The number of hydrogen-bond donors (Lipinski definition) is 1. The van der Waals surface area contributed by atoms with Crippen LogP contribution in [0, 0.1) is 0 Å². The number of anilines is 1. The molecule has 0 aliphatic heterocycles. The number of hydrogen-bond acceptors (Lipinski definition) is 5. The summed E-state index contributed by atoms with van der Waals surface area (Å²) in [6.07, 6.45) is 4.24. The number of nitrogens with one attached hydrogen (secondary N) is 1. The Morgan fingerprint density at radius 1 is 1.47 bits per heavy atom. The highest BCUT2D eigenvalue weighted by atomic mass is 32.2. The summed E-state index contributed by atoms with van der Waals surface area (Å²) in [7, 11) is -0.0993. The van der Waals surface area contributed by atoms with Gasteiger partial charge in [0.1, 0.15) is 10.7 Å². The zero-order valence-corrected chi connectivity index (χ0v) is 13.4.